The SMILES string of the molecule is Cc1ccccc1CN(C)C(=O)CCC(=O)c1ccc(Cl)s1. The first-order valence-corrected chi connectivity index (χ1v) is 8.24. The van der Waals surface area contributed by atoms with Gasteiger partial charge in [-0.1, -0.05) is 35.9 Å². The Hall–Kier alpha value is -1.65. The van der Waals surface area contributed by atoms with Gasteiger partial charge in [0.05, 0.1) is 9.21 Å². The second kappa shape index (κ2) is 7.56. The molecule has 1 aromatic heterocycles. The Morgan fingerprint density at radius 3 is 2.50 bits per heavy atom. The monoisotopic (exact) mass is 335 g/mol. The topological polar surface area (TPSA) is 37.4 Å². The summed E-state index contributed by atoms with van der Waals surface area (Å²) in [6.07, 6.45) is 0.435. The highest BCUT2D eigenvalue weighted by atomic mass is 35.5. The van der Waals surface area contributed by atoms with Gasteiger partial charge in [0.15, 0.2) is 5.78 Å². The largest absolute Gasteiger partial charge is 0.341 e. The number of Topliss-reactive ketones (excluding diaryl/α,β-unsaturated/α-hetero) is 1. The van der Waals surface area contributed by atoms with Crippen molar-refractivity contribution in [3.63, 3.8) is 0 Å². The number of hydrogen-bond donors (Lipinski definition) is 0. The summed E-state index contributed by atoms with van der Waals surface area (Å²) < 4.78 is 0.589. The van der Waals surface area contributed by atoms with Crippen LogP contribution in [-0.4, -0.2) is 23.6 Å². The molecule has 1 amide bonds. The number of aryl methyl sites for hydroxylation is 1. The fourth-order valence-corrected chi connectivity index (χ4v) is 3.14. The van der Waals surface area contributed by atoms with Gasteiger partial charge in [-0.05, 0) is 30.2 Å². The fourth-order valence-electron chi connectivity index (χ4n) is 2.13. The van der Waals surface area contributed by atoms with Crippen LogP contribution in [0.25, 0.3) is 0 Å². The quantitative estimate of drug-likeness (QED) is 0.737. The number of thiophene rings is 1. The Labute approximate surface area is 139 Å². The summed E-state index contributed by atoms with van der Waals surface area (Å²) in [6, 6.07) is 11.4. The van der Waals surface area contributed by atoms with Gasteiger partial charge in [-0.2, -0.15) is 0 Å². The van der Waals surface area contributed by atoms with E-state index in [9.17, 15) is 9.59 Å². The molecule has 0 spiro atoms. The van der Waals surface area contributed by atoms with Gasteiger partial charge in [-0.3, -0.25) is 9.59 Å². The van der Waals surface area contributed by atoms with Crippen LogP contribution < -0.4 is 0 Å². The normalized spacial score (nSPS) is 10.5. The molecule has 22 heavy (non-hydrogen) atoms. The molecule has 0 saturated carbocycles. The third-order valence-corrected chi connectivity index (χ3v) is 4.78. The van der Waals surface area contributed by atoms with E-state index in [2.05, 4.69) is 0 Å². The first-order chi connectivity index (χ1) is 10.5. The fraction of sp³-hybridized carbons (Fsp3) is 0.294. The molecule has 0 aliphatic heterocycles. The molecule has 0 atom stereocenters. The Bertz CT molecular complexity index is 681. The minimum Gasteiger partial charge on any atom is -0.341 e. The highest BCUT2D eigenvalue weighted by Crippen LogP contribution is 2.23. The Morgan fingerprint density at radius 2 is 1.86 bits per heavy atom. The van der Waals surface area contributed by atoms with Crippen molar-refractivity contribution >= 4 is 34.6 Å². The number of amides is 1. The maximum atomic E-state index is 12.2. The summed E-state index contributed by atoms with van der Waals surface area (Å²) in [4.78, 5) is 26.4. The van der Waals surface area contributed by atoms with E-state index >= 15 is 0 Å². The van der Waals surface area contributed by atoms with Gasteiger partial charge in [0.1, 0.15) is 0 Å². The number of benzene rings is 1. The smallest absolute Gasteiger partial charge is 0.223 e. The molecule has 0 N–H and O–H groups in total. The summed E-state index contributed by atoms with van der Waals surface area (Å²) >= 11 is 7.07. The molecule has 0 bridgehead atoms. The number of ketones is 1. The lowest BCUT2D eigenvalue weighted by Crippen LogP contribution is -2.26. The number of halogens is 1. The van der Waals surface area contributed by atoms with Gasteiger partial charge in [-0.25, -0.2) is 0 Å². The molecule has 1 aromatic carbocycles. The Kier molecular flexibility index (Phi) is 5.75. The highest BCUT2D eigenvalue weighted by Gasteiger charge is 2.14. The number of carbonyl (C=O) groups is 2. The van der Waals surface area contributed by atoms with Crippen molar-refractivity contribution in [1.29, 1.82) is 0 Å². The van der Waals surface area contributed by atoms with E-state index in [1.165, 1.54) is 11.3 Å². The van der Waals surface area contributed by atoms with Gasteiger partial charge in [0, 0.05) is 26.4 Å². The molecular formula is C17H18ClNO2S. The van der Waals surface area contributed by atoms with Crippen LogP contribution in [0.15, 0.2) is 36.4 Å². The molecule has 0 aliphatic rings. The van der Waals surface area contributed by atoms with Crippen LogP contribution in [0, 0.1) is 6.92 Å². The first kappa shape index (κ1) is 16.7. The lowest BCUT2D eigenvalue weighted by atomic mass is 10.1. The average molecular weight is 336 g/mol. The molecule has 0 radical (unpaired) electrons. The van der Waals surface area contributed by atoms with Crippen molar-refractivity contribution in [2.24, 2.45) is 0 Å². The Morgan fingerprint density at radius 1 is 1.14 bits per heavy atom. The van der Waals surface area contributed by atoms with Crippen LogP contribution in [-0.2, 0) is 11.3 Å². The van der Waals surface area contributed by atoms with Gasteiger partial charge in [-0.15, -0.1) is 11.3 Å². The second-order valence-corrected chi connectivity index (χ2v) is 6.92. The third kappa shape index (κ3) is 4.42. The Balaban J connectivity index is 1.86. The van der Waals surface area contributed by atoms with Crippen molar-refractivity contribution < 1.29 is 9.59 Å². The third-order valence-electron chi connectivity index (χ3n) is 3.51. The molecule has 5 heteroatoms. The van der Waals surface area contributed by atoms with Crippen molar-refractivity contribution in [2.75, 3.05) is 7.05 Å². The average Bonchev–Trinajstić information content (AvgIpc) is 2.93. The first-order valence-electron chi connectivity index (χ1n) is 7.04. The molecule has 0 aliphatic carbocycles. The van der Waals surface area contributed by atoms with E-state index < -0.39 is 0 Å². The zero-order chi connectivity index (χ0) is 16.1. The molecule has 0 unspecified atom stereocenters. The van der Waals surface area contributed by atoms with Crippen molar-refractivity contribution in [2.45, 2.75) is 26.3 Å². The lowest BCUT2D eigenvalue weighted by molar-refractivity contribution is -0.130. The maximum Gasteiger partial charge on any atom is 0.223 e. The predicted molar refractivity (Wildman–Crippen MR) is 90.5 cm³/mol. The molecule has 1 heterocycles. The van der Waals surface area contributed by atoms with E-state index in [-0.39, 0.29) is 24.5 Å². The van der Waals surface area contributed by atoms with Crippen LogP contribution in [0.5, 0.6) is 0 Å². The number of carbonyl (C=O) groups excluding carboxylic acids is 2. The van der Waals surface area contributed by atoms with Crippen LogP contribution in [0.2, 0.25) is 4.34 Å². The molecule has 3 nitrogen and oxygen atoms in total. The zero-order valence-electron chi connectivity index (χ0n) is 12.6. The molecule has 0 saturated heterocycles. The van der Waals surface area contributed by atoms with Crippen LogP contribution in [0.1, 0.15) is 33.6 Å². The molecular weight excluding hydrogens is 318 g/mol. The minimum absolute atomic E-state index is 0.0285. The van der Waals surface area contributed by atoms with E-state index in [1.807, 2.05) is 31.2 Å². The molecule has 0 fully saturated rings. The minimum atomic E-state index is -0.0328. The number of hydrogen-bond acceptors (Lipinski definition) is 3. The van der Waals surface area contributed by atoms with Gasteiger partial charge in [0.2, 0.25) is 5.91 Å². The van der Waals surface area contributed by atoms with Crippen molar-refractivity contribution in [3.05, 3.63) is 56.7 Å². The maximum absolute atomic E-state index is 12.2. The lowest BCUT2D eigenvalue weighted by Gasteiger charge is -2.18. The van der Waals surface area contributed by atoms with Gasteiger partial charge < -0.3 is 4.90 Å². The summed E-state index contributed by atoms with van der Waals surface area (Å²) in [7, 11) is 1.77. The summed E-state index contributed by atoms with van der Waals surface area (Å²) in [5.74, 6) is -0.0613. The molecule has 2 rings (SSSR count). The van der Waals surface area contributed by atoms with E-state index in [0.717, 1.165) is 11.1 Å². The van der Waals surface area contributed by atoms with E-state index in [4.69, 9.17) is 11.6 Å². The van der Waals surface area contributed by atoms with Crippen LogP contribution in [0.4, 0.5) is 0 Å². The molecule has 2 aromatic rings. The number of rotatable bonds is 6. The van der Waals surface area contributed by atoms with Crippen LogP contribution in [0.3, 0.4) is 0 Å². The van der Waals surface area contributed by atoms with Gasteiger partial charge >= 0.3 is 0 Å². The van der Waals surface area contributed by atoms with Crippen molar-refractivity contribution in [1.82, 2.24) is 4.90 Å². The van der Waals surface area contributed by atoms with Gasteiger partial charge in [0.25, 0.3) is 0 Å². The summed E-state index contributed by atoms with van der Waals surface area (Å²) in [5, 5.41) is 0. The second-order valence-electron chi connectivity index (χ2n) is 5.20. The highest BCUT2D eigenvalue weighted by molar-refractivity contribution is 7.18. The summed E-state index contributed by atoms with van der Waals surface area (Å²) in [5.41, 5.74) is 2.28. The van der Waals surface area contributed by atoms with E-state index in [1.54, 1.807) is 24.1 Å². The van der Waals surface area contributed by atoms with Crippen LogP contribution >= 0.6 is 22.9 Å². The number of nitrogens with zero attached hydrogens (tertiary/aromatic N) is 1. The predicted octanol–water partition coefficient (Wildman–Crippen LogP) is 4.33. The molecule has 116 valence electrons. The summed E-state index contributed by atoms with van der Waals surface area (Å²) in [6.45, 7) is 2.59. The standard InChI is InChI=1S/C17H18ClNO2S/c1-12-5-3-4-6-13(12)11-19(2)17(21)10-7-14(20)15-8-9-16(18)22-15/h3-6,8-9H,7,10-11H2,1-2H3. The van der Waals surface area contributed by atoms with E-state index in [0.29, 0.717) is 15.8 Å². The van der Waals surface area contributed by atoms with Crippen molar-refractivity contribution in [3.8, 4) is 0 Å². The zero-order valence-corrected chi connectivity index (χ0v) is 14.2.